The van der Waals surface area contributed by atoms with Crippen molar-refractivity contribution in [2.45, 2.75) is 42.6 Å². The van der Waals surface area contributed by atoms with Crippen molar-refractivity contribution >= 4 is 29.1 Å². The molecule has 100 valence electrons. The molecular weight excluding hydrogens is 270 g/mol. The fraction of sp³-hybridized carbons (Fsp3) is 0.727. The number of nitrogens with one attached hydrogen (secondary N) is 1. The Hall–Kier alpha value is -0.660. The Balaban J connectivity index is 1.96. The molecule has 0 aromatic carbocycles. The minimum atomic E-state index is -0.645. The maximum atomic E-state index is 12.1. The van der Waals surface area contributed by atoms with Crippen LogP contribution in [0.15, 0.2) is 9.85 Å². The SMILES string of the molecule is CCOC(=O)C(C)(CSc1nncs1)NC1CC1. The summed E-state index contributed by atoms with van der Waals surface area (Å²) in [5.41, 5.74) is 1.05. The van der Waals surface area contributed by atoms with Crippen molar-refractivity contribution in [3.63, 3.8) is 0 Å². The number of hydrogen-bond donors (Lipinski definition) is 1. The van der Waals surface area contributed by atoms with Crippen LogP contribution in [-0.4, -0.2) is 40.1 Å². The van der Waals surface area contributed by atoms with Crippen molar-refractivity contribution in [1.82, 2.24) is 15.5 Å². The van der Waals surface area contributed by atoms with E-state index in [-0.39, 0.29) is 5.97 Å². The highest BCUT2D eigenvalue weighted by molar-refractivity contribution is 8.01. The first-order chi connectivity index (χ1) is 8.64. The van der Waals surface area contributed by atoms with E-state index in [0.29, 0.717) is 18.4 Å². The zero-order valence-corrected chi connectivity index (χ0v) is 12.1. The van der Waals surface area contributed by atoms with Gasteiger partial charge in [-0.05, 0) is 26.7 Å². The van der Waals surface area contributed by atoms with E-state index in [4.69, 9.17) is 4.74 Å². The maximum Gasteiger partial charge on any atom is 0.326 e. The minimum absolute atomic E-state index is 0.186. The summed E-state index contributed by atoms with van der Waals surface area (Å²) in [4.78, 5) is 12.1. The van der Waals surface area contributed by atoms with Gasteiger partial charge in [-0.25, -0.2) is 0 Å². The first-order valence-electron chi connectivity index (χ1n) is 5.98. The molecule has 1 aromatic heterocycles. The summed E-state index contributed by atoms with van der Waals surface area (Å²) < 4.78 is 6.04. The number of carbonyl (C=O) groups excluding carboxylic acids is 1. The van der Waals surface area contributed by atoms with E-state index in [1.165, 1.54) is 23.1 Å². The third-order valence-electron chi connectivity index (χ3n) is 2.65. The molecule has 1 unspecified atom stereocenters. The quantitative estimate of drug-likeness (QED) is 0.608. The summed E-state index contributed by atoms with van der Waals surface area (Å²) in [6, 6.07) is 0.453. The number of nitrogens with zero attached hydrogens (tertiary/aromatic N) is 2. The van der Waals surface area contributed by atoms with E-state index in [0.717, 1.165) is 17.2 Å². The maximum absolute atomic E-state index is 12.1. The molecule has 7 heteroatoms. The molecule has 0 aliphatic heterocycles. The molecule has 1 heterocycles. The van der Waals surface area contributed by atoms with E-state index in [2.05, 4.69) is 15.5 Å². The van der Waals surface area contributed by atoms with Crippen LogP contribution in [0.4, 0.5) is 0 Å². The molecule has 5 nitrogen and oxygen atoms in total. The zero-order valence-electron chi connectivity index (χ0n) is 10.5. The summed E-state index contributed by atoms with van der Waals surface area (Å²) in [6.45, 7) is 4.13. The van der Waals surface area contributed by atoms with Crippen LogP contribution in [0.5, 0.6) is 0 Å². The van der Waals surface area contributed by atoms with E-state index in [9.17, 15) is 4.79 Å². The number of aromatic nitrogens is 2. The lowest BCUT2D eigenvalue weighted by Gasteiger charge is -2.27. The Morgan fingerprint density at radius 2 is 2.50 bits per heavy atom. The van der Waals surface area contributed by atoms with Crippen LogP contribution in [0.3, 0.4) is 0 Å². The molecule has 1 atom stereocenters. The molecule has 0 bridgehead atoms. The number of esters is 1. The Labute approximate surface area is 115 Å². The van der Waals surface area contributed by atoms with E-state index < -0.39 is 5.54 Å². The van der Waals surface area contributed by atoms with Gasteiger partial charge in [0, 0.05) is 11.8 Å². The molecule has 1 N–H and O–H groups in total. The van der Waals surface area contributed by atoms with Crippen molar-refractivity contribution in [2.24, 2.45) is 0 Å². The van der Waals surface area contributed by atoms with Crippen LogP contribution in [0.1, 0.15) is 26.7 Å². The van der Waals surface area contributed by atoms with Crippen LogP contribution in [-0.2, 0) is 9.53 Å². The van der Waals surface area contributed by atoms with E-state index in [1.807, 2.05) is 13.8 Å². The van der Waals surface area contributed by atoms with Crippen molar-refractivity contribution in [1.29, 1.82) is 0 Å². The number of thioether (sulfide) groups is 1. The van der Waals surface area contributed by atoms with Gasteiger partial charge in [0.25, 0.3) is 0 Å². The first-order valence-corrected chi connectivity index (χ1v) is 7.84. The molecule has 1 aliphatic rings. The molecule has 18 heavy (non-hydrogen) atoms. The lowest BCUT2D eigenvalue weighted by Crippen LogP contribution is -2.53. The second kappa shape index (κ2) is 5.99. The van der Waals surface area contributed by atoms with Gasteiger partial charge in [-0.2, -0.15) is 0 Å². The van der Waals surface area contributed by atoms with Gasteiger partial charge >= 0.3 is 5.97 Å². The highest BCUT2D eigenvalue weighted by atomic mass is 32.2. The molecule has 1 aliphatic carbocycles. The van der Waals surface area contributed by atoms with Gasteiger partial charge in [-0.15, -0.1) is 10.2 Å². The van der Waals surface area contributed by atoms with Crippen molar-refractivity contribution in [3.8, 4) is 0 Å². The Kier molecular flexibility index (Phi) is 4.58. The minimum Gasteiger partial charge on any atom is -0.465 e. The Morgan fingerprint density at radius 3 is 3.06 bits per heavy atom. The fourth-order valence-electron chi connectivity index (χ4n) is 1.56. The summed E-state index contributed by atoms with van der Waals surface area (Å²) >= 11 is 3.02. The molecule has 1 fully saturated rings. The molecular formula is C11H17N3O2S2. The van der Waals surface area contributed by atoms with E-state index >= 15 is 0 Å². The molecule has 0 spiro atoms. The van der Waals surface area contributed by atoms with Crippen LogP contribution >= 0.6 is 23.1 Å². The monoisotopic (exact) mass is 287 g/mol. The van der Waals surface area contributed by atoms with Crippen molar-refractivity contribution < 1.29 is 9.53 Å². The molecule has 1 saturated carbocycles. The highest BCUT2D eigenvalue weighted by Crippen LogP contribution is 2.28. The topological polar surface area (TPSA) is 64.1 Å². The summed E-state index contributed by atoms with van der Waals surface area (Å²) in [6.07, 6.45) is 2.27. The summed E-state index contributed by atoms with van der Waals surface area (Å²) in [5.74, 6) is 0.422. The third-order valence-corrected chi connectivity index (χ3v) is 4.83. The third kappa shape index (κ3) is 3.66. The normalized spacial score (nSPS) is 18.3. The van der Waals surface area contributed by atoms with Crippen LogP contribution in [0, 0.1) is 0 Å². The number of rotatable bonds is 7. The van der Waals surface area contributed by atoms with Gasteiger partial charge in [0.05, 0.1) is 6.61 Å². The van der Waals surface area contributed by atoms with Gasteiger partial charge in [0.15, 0.2) is 4.34 Å². The second-order valence-corrected chi connectivity index (χ2v) is 6.52. The fourth-order valence-corrected chi connectivity index (χ4v) is 3.13. The summed E-state index contributed by atoms with van der Waals surface area (Å²) in [5, 5.41) is 11.1. The van der Waals surface area contributed by atoms with Crippen LogP contribution in [0.2, 0.25) is 0 Å². The molecule has 1 aromatic rings. The number of hydrogen-bond acceptors (Lipinski definition) is 7. The smallest absolute Gasteiger partial charge is 0.326 e. The van der Waals surface area contributed by atoms with Crippen LogP contribution in [0.25, 0.3) is 0 Å². The highest BCUT2D eigenvalue weighted by Gasteiger charge is 2.39. The van der Waals surface area contributed by atoms with Gasteiger partial charge < -0.3 is 4.74 Å². The number of ether oxygens (including phenoxy) is 1. The zero-order chi connectivity index (χ0) is 13.0. The van der Waals surface area contributed by atoms with Crippen molar-refractivity contribution in [2.75, 3.05) is 12.4 Å². The average molecular weight is 287 g/mol. The van der Waals surface area contributed by atoms with Gasteiger partial charge in [0.2, 0.25) is 0 Å². The summed E-state index contributed by atoms with van der Waals surface area (Å²) in [7, 11) is 0. The Morgan fingerprint density at radius 1 is 1.72 bits per heavy atom. The van der Waals surface area contributed by atoms with E-state index in [1.54, 1.807) is 5.51 Å². The van der Waals surface area contributed by atoms with Crippen LogP contribution < -0.4 is 5.32 Å². The second-order valence-electron chi connectivity index (χ2n) is 4.46. The van der Waals surface area contributed by atoms with Crippen molar-refractivity contribution in [3.05, 3.63) is 5.51 Å². The predicted molar refractivity (Wildman–Crippen MR) is 71.8 cm³/mol. The standard InChI is InChI=1S/C11H17N3O2S2/c1-3-16-9(15)11(2,13-8-4-5-8)6-17-10-14-12-7-18-10/h7-8,13H,3-6H2,1-2H3. The molecule has 0 saturated heterocycles. The largest absolute Gasteiger partial charge is 0.465 e. The number of carbonyl (C=O) groups is 1. The average Bonchev–Trinajstić information content (AvgIpc) is 2.99. The molecule has 2 rings (SSSR count). The lowest BCUT2D eigenvalue weighted by molar-refractivity contribution is -0.149. The molecule has 0 radical (unpaired) electrons. The van der Waals surface area contributed by atoms with Gasteiger partial charge in [-0.3, -0.25) is 10.1 Å². The van der Waals surface area contributed by atoms with Gasteiger partial charge in [0.1, 0.15) is 11.0 Å². The Bertz CT molecular complexity index is 395. The lowest BCUT2D eigenvalue weighted by atomic mass is 10.1. The van der Waals surface area contributed by atoms with Gasteiger partial charge in [-0.1, -0.05) is 23.1 Å². The first kappa shape index (κ1) is 13.8. The molecule has 0 amide bonds. The predicted octanol–water partition coefficient (Wildman–Crippen LogP) is 1.70.